The maximum absolute atomic E-state index is 14.2. The van der Waals surface area contributed by atoms with Crippen LogP contribution in [-0.2, 0) is 6.54 Å². The molecule has 0 spiro atoms. The zero-order chi connectivity index (χ0) is 16.4. The van der Waals surface area contributed by atoms with Crippen LogP contribution in [0.15, 0.2) is 24.3 Å². The van der Waals surface area contributed by atoms with Crippen molar-refractivity contribution >= 4 is 5.91 Å². The first-order valence-corrected chi connectivity index (χ1v) is 8.09. The average Bonchev–Trinajstić information content (AvgIpc) is 2.89. The van der Waals surface area contributed by atoms with Gasteiger partial charge in [-0.1, -0.05) is 18.6 Å². The Balaban J connectivity index is 1.81. The minimum atomic E-state index is -0.253. The zero-order valence-electron chi connectivity index (χ0n) is 13.6. The molecule has 1 aromatic carbocycles. The first-order valence-electron chi connectivity index (χ1n) is 8.09. The number of carbonyl (C=O) groups excluding carboxylic acids is 1. The van der Waals surface area contributed by atoms with E-state index >= 15 is 0 Å². The lowest BCUT2D eigenvalue weighted by molar-refractivity contribution is 0.0671. The average molecular weight is 315 g/mol. The predicted molar refractivity (Wildman–Crippen MR) is 86.5 cm³/mol. The highest BCUT2D eigenvalue weighted by atomic mass is 19.1. The van der Waals surface area contributed by atoms with Gasteiger partial charge in [-0.25, -0.2) is 4.39 Å². The summed E-state index contributed by atoms with van der Waals surface area (Å²) in [5, 5.41) is 6.79. The van der Waals surface area contributed by atoms with Gasteiger partial charge in [0.1, 0.15) is 11.5 Å². The Hall–Kier alpha value is -2.17. The Bertz CT molecular complexity index is 706. The second-order valence-corrected chi connectivity index (χ2v) is 6.50. The first-order chi connectivity index (χ1) is 11.0. The van der Waals surface area contributed by atoms with Gasteiger partial charge in [0.2, 0.25) is 0 Å². The molecule has 1 fully saturated rings. The van der Waals surface area contributed by atoms with Crippen molar-refractivity contribution in [3.05, 3.63) is 52.6 Å². The van der Waals surface area contributed by atoms with Crippen molar-refractivity contribution in [3.8, 4) is 0 Å². The number of carbonyl (C=O) groups is 1. The van der Waals surface area contributed by atoms with Crippen LogP contribution in [0.25, 0.3) is 0 Å². The van der Waals surface area contributed by atoms with Gasteiger partial charge in [-0.3, -0.25) is 9.89 Å². The molecule has 0 aliphatic heterocycles. The molecule has 0 atom stereocenters. The molecule has 1 amide bonds. The maximum atomic E-state index is 14.2. The molecule has 5 heteroatoms. The van der Waals surface area contributed by atoms with Crippen LogP contribution in [-0.4, -0.2) is 27.5 Å². The fraction of sp³-hybridized carbons (Fsp3) is 0.444. The van der Waals surface area contributed by atoms with E-state index in [1.807, 2.05) is 19.9 Å². The summed E-state index contributed by atoms with van der Waals surface area (Å²) in [6.07, 6.45) is 3.50. The van der Waals surface area contributed by atoms with Crippen molar-refractivity contribution in [2.75, 3.05) is 6.54 Å². The molecule has 1 aliphatic carbocycles. The topological polar surface area (TPSA) is 49.0 Å². The Morgan fingerprint density at radius 1 is 1.35 bits per heavy atom. The molecule has 2 aromatic rings. The standard InChI is InChI=1S/C18H22FN3O/c1-12-6-7-15(16(19)8-12)11-22(10-14-4-3-5-14)18(23)17-9-13(2)20-21-17/h6-9,14H,3-5,10-11H2,1-2H3,(H,20,21). The Labute approximate surface area is 135 Å². The van der Waals surface area contributed by atoms with E-state index in [0.29, 0.717) is 30.3 Å². The molecule has 1 N–H and O–H groups in total. The van der Waals surface area contributed by atoms with Crippen molar-refractivity contribution in [1.29, 1.82) is 0 Å². The molecule has 0 bridgehead atoms. The summed E-state index contributed by atoms with van der Waals surface area (Å²) in [5.41, 5.74) is 2.68. The van der Waals surface area contributed by atoms with Crippen LogP contribution < -0.4 is 0 Å². The van der Waals surface area contributed by atoms with E-state index in [4.69, 9.17) is 0 Å². The van der Waals surface area contributed by atoms with E-state index in [-0.39, 0.29) is 11.7 Å². The highest BCUT2D eigenvalue weighted by Gasteiger charge is 2.26. The highest BCUT2D eigenvalue weighted by molar-refractivity contribution is 5.92. The van der Waals surface area contributed by atoms with Crippen molar-refractivity contribution in [1.82, 2.24) is 15.1 Å². The number of H-pyrrole nitrogens is 1. The van der Waals surface area contributed by atoms with Gasteiger partial charge in [0.15, 0.2) is 0 Å². The van der Waals surface area contributed by atoms with E-state index < -0.39 is 0 Å². The number of hydrogen-bond acceptors (Lipinski definition) is 2. The maximum Gasteiger partial charge on any atom is 0.272 e. The molecular weight excluding hydrogens is 293 g/mol. The predicted octanol–water partition coefficient (Wildman–Crippen LogP) is 3.61. The molecule has 1 aromatic heterocycles. The van der Waals surface area contributed by atoms with Crippen molar-refractivity contribution in [3.63, 3.8) is 0 Å². The van der Waals surface area contributed by atoms with Gasteiger partial charge >= 0.3 is 0 Å². The van der Waals surface area contributed by atoms with Gasteiger partial charge < -0.3 is 4.90 Å². The summed E-state index contributed by atoms with van der Waals surface area (Å²) in [4.78, 5) is 14.5. The Kier molecular flexibility index (Phi) is 4.46. The number of rotatable bonds is 5. The van der Waals surface area contributed by atoms with Gasteiger partial charge in [-0.05, 0) is 50.3 Å². The van der Waals surface area contributed by atoms with Crippen LogP contribution in [0.5, 0.6) is 0 Å². The van der Waals surface area contributed by atoms with E-state index in [0.717, 1.165) is 24.1 Å². The zero-order valence-corrected chi connectivity index (χ0v) is 13.6. The fourth-order valence-electron chi connectivity index (χ4n) is 2.89. The summed E-state index contributed by atoms with van der Waals surface area (Å²) in [6.45, 7) is 4.66. The molecule has 4 nitrogen and oxygen atoms in total. The van der Waals surface area contributed by atoms with Gasteiger partial charge in [0.05, 0.1) is 5.69 Å². The third-order valence-corrected chi connectivity index (χ3v) is 4.50. The van der Waals surface area contributed by atoms with Crippen molar-refractivity contribution in [2.24, 2.45) is 5.92 Å². The second-order valence-electron chi connectivity index (χ2n) is 6.50. The van der Waals surface area contributed by atoms with Gasteiger partial charge in [-0.15, -0.1) is 0 Å². The Morgan fingerprint density at radius 2 is 2.13 bits per heavy atom. The lowest BCUT2D eigenvalue weighted by Crippen LogP contribution is -2.37. The first kappa shape index (κ1) is 15.7. The van der Waals surface area contributed by atoms with E-state index in [1.54, 1.807) is 17.0 Å². The molecular formula is C18H22FN3O. The largest absolute Gasteiger partial charge is 0.333 e. The van der Waals surface area contributed by atoms with E-state index in [9.17, 15) is 9.18 Å². The van der Waals surface area contributed by atoms with Gasteiger partial charge in [-0.2, -0.15) is 5.10 Å². The molecule has 0 unspecified atom stereocenters. The molecule has 0 saturated heterocycles. The van der Waals surface area contributed by atoms with Crippen LogP contribution in [0, 0.1) is 25.6 Å². The number of amides is 1. The highest BCUT2D eigenvalue weighted by Crippen LogP contribution is 2.28. The number of hydrogen-bond donors (Lipinski definition) is 1. The third-order valence-electron chi connectivity index (χ3n) is 4.50. The summed E-state index contributed by atoms with van der Waals surface area (Å²) in [7, 11) is 0. The summed E-state index contributed by atoms with van der Waals surface area (Å²) in [5.74, 6) is 0.158. The number of halogens is 1. The number of benzene rings is 1. The summed E-state index contributed by atoms with van der Waals surface area (Å²) >= 11 is 0. The minimum absolute atomic E-state index is 0.113. The lowest BCUT2D eigenvalue weighted by Gasteiger charge is -2.32. The summed E-state index contributed by atoms with van der Waals surface area (Å²) in [6, 6.07) is 6.90. The molecule has 1 heterocycles. The molecule has 23 heavy (non-hydrogen) atoms. The molecule has 1 aliphatic rings. The quantitative estimate of drug-likeness (QED) is 0.916. The smallest absolute Gasteiger partial charge is 0.272 e. The normalized spacial score (nSPS) is 14.6. The Morgan fingerprint density at radius 3 is 2.70 bits per heavy atom. The monoisotopic (exact) mass is 315 g/mol. The van der Waals surface area contributed by atoms with Crippen LogP contribution in [0.1, 0.15) is 46.6 Å². The number of nitrogens with one attached hydrogen (secondary N) is 1. The van der Waals surface area contributed by atoms with Crippen LogP contribution >= 0.6 is 0 Å². The SMILES string of the molecule is Cc1ccc(CN(CC2CCC2)C(=O)c2cc(C)n[nH]2)c(F)c1. The van der Waals surface area contributed by atoms with Gasteiger partial charge in [0.25, 0.3) is 5.91 Å². The van der Waals surface area contributed by atoms with Crippen molar-refractivity contribution < 1.29 is 9.18 Å². The van der Waals surface area contributed by atoms with Crippen LogP contribution in [0.3, 0.4) is 0 Å². The summed E-state index contributed by atoms with van der Waals surface area (Å²) < 4.78 is 14.2. The van der Waals surface area contributed by atoms with E-state index in [2.05, 4.69) is 10.2 Å². The van der Waals surface area contributed by atoms with Crippen LogP contribution in [0.4, 0.5) is 4.39 Å². The van der Waals surface area contributed by atoms with Gasteiger partial charge in [0, 0.05) is 18.7 Å². The lowest BCUT2D eigenvalue weighted by atomic mass is 9.85. The molecule has 122 valence electrons. The second kappa shape index (κ2) is 6.52. The third kappa shape index (κ3) is 3.60. The molecule has 3 rings (SSSR count). The molecule has 1 saturated carbocycles. The fourth-order valence-corrected chi connectivity index (χ4v) is 2.89. The number of aryl methyl sites for hydroxylation is 2. The van der Waals surface area contributed by atoms with Crippen LogP contribution in [0.2, 0.25) is 0 Å². The van der Waals surface area contributed by atoms with Crippen molar-refractivity contribution in [2.45, 2.75) is 39.7 Å². The van der Waals surface area contributed by atoms with E-state index in [1.165, 1.54) is 12.5 Å². The number of nitrogens with zero attached hydrogens (tertiary/aromatic N) is 2. The molecule has 0 radical (unpaired) electrons. The minimum Gasteiger partial charge on any atom is -0.333 e. The number of aromatic amines is 1. The number of aromatic nitrogens is 2.